The molecule has 32 heavy (non-hydrogen) atoms. The molecule has 176 valence electrons. The van der Waals surface area contributed by atoms with Gasteiger partial charge in [-0.05, 0) is 74.5 Å². The quantitative estimate of drug-likeness (QED) is 0.384. The number of hydrogen-bond donors (Lipinski definition) is 3. The summed E-state index contributed by atoms with van der Waals surface area (Å²) in [7, 11) is -1.15. The van der Waals surface area contributed by atoms with E-state index >= 15 is 0 Å². The van der Waals surface area contributed by atoms with Crippen LogP contribution in [0.1, 0.15) is 88.1 Å². The van der Waals surface area contributed by atoms with Gasteiger partial charge in [-0.15, -0.1) is 0 Å². The fourth-order valence-corrected chi connectivity index (χ4v) is 5.02. The Morgan fingerprint density at radius 3 is 2.53 bits per heavy atom. The van der Waals surface area contributed by atoms with E-state index in [1.807, 2.05) is 0 Å². The van der Waals surface area contributed by atoms with Gasteiger partial charge in [0, 0.05) is 24.7 Å². The van der Waals surface area contributed by atoms with Crippen molar-refractivity contribution in [2.24, 2.45) is 11.3 Å². The third kappa shape index (κ3) is 7.07. The van der Waals surface area contributed by atoms with E-state index in [2.05, 4.69) is 26.1 Å². The van der Waals surface area contributed by atoms with E-state index in [9.17, 15) is 19.7 Å². The number of nitrogens with one attached hydrogen (secondary N) is 1. The molecule has 7 heteroatoms. The van der Waals surface area contributed by atoms with E-state index < -0.39 is 13.1 Å². The number of carboxylic acids is 1. The number of fused-ring (bicyclic) bond motifs is 1. The van der Waals surface area contributed by atoms with Crippen molar-refractivity contribution in [3.8, 4) is 5.75 Å². The van der Waals surface area contributed by atoms with Gasteiger partial charge in [0.15, 0.2) is 0 Å². The van der Waals surface area contributed by atoms with Crippen LogP contribution in [-0.4, -0.2) is 41.6 Å². The second-order valence-corrected chi connectivity index (χ2v) is 10.9. The maximum Gasteiger partial charge on any atom is 0.526 e. The highest BCUT2D eigenvalue weighted by Crippen LogP contribution is 2.37. The van der Waals surface area contributed by atoms with Crippen LogP contribution < -0.4 is 9.97 Å². The molecule has 1 aliphatic heterocycles. The van der Waals surface area contributed by atoms with E-state index in [0.717, 1.165) is 37.8 Å². The Morgan fingerprint density at radius 1 is 1.16 bits per heavy atom. The number of ketones is 1. The summed E-state index contributed by atoms with van der Waals surface area (Å²) in [5, 5.41) is 23.4. The smallest absolute Gasteiger partial charge is 0.526 e. The number of hydrogen-bond acceptors (Lipinski definition) is 5. The van der Waals surface area contributed by atoms with Crippen LogP contribution in [0.5, 0.6) is 5.75 Å². The van der Waals surface area contributed by atoms with E-state index in [-0.39, 0.29) is 29.3 Å². The van der Waals surface area contributed by atoms with E-state index in [1.54, 1.807) is 12.1 Å². The molecular formula is C25H38BNO5. The summed E-state index contributed by atoms with van der Waals surface area (Å²) in [4.78, 5) is 24.1. The minimum atomic E-state index is -1.15. The molecule has 1 saturated carbocycles. The first-order valence-corrected chi connectivity index (χ1v) is 12.1. The minimum absolute atomic E-state index is 0.0510. The van der Waals surface area contributed by atoms with Gasteiger partial charge in [0.2, 0.25) is 0 Å². The third-order valence-corrected chi connectivity index (χ3v) is 6.84. The zero-order chi connectivity index (χ0) is 23.3. The molecule has 1 aliphatic carbocycles. The normalized spacial score (nSPS) is 23.4. The second kappa shape index (κ2) is 10.8. The lowest BCUT2D eigenvalue weighted by molar-refractivity contribution is -0.120. The van der Waals surface area contributed by atoms with Crippen molar-refractivity contribution in [2.45, 2.75) is 90.4 Å². The molecule has 3 rings (SSSR count). The van der Waals surface area contributed by atoms with Crippen LogP contribution in [0.15, 0.2) is 18.2 Å². The van der Waals surface area contributed by atoms with Crippen molar-refractivity contribution in [1.82, 2.24) is 5.32 Å². The van der Waals surface area contributed by atoms with Crippen LogP contribution in [0.4, 0.5) is 0 Å². The Hall–Kier alpha value is -1.86. The standard InChI is InChI=1S/C25H38BNO5/c1-25(2,3)12-5-13-27-20-10-8-17(9-11-20)14-21(28)16-19-15-18-6-4-7-22(24(29)30)23(18)32-26(19)31/h4,6-7,17,19-20,27,31H,5,8-16H2,1-3H3,(H,29,30)/t17?,19-,20?/m1/s1. The van der Waals surface area contributed by atoms with Crippen LogP contribution in [0.25, 0.3) is 0 Å². The Kier molecular flexibility index (Phi) is 8.40. The second-order valence-electron chi connectivity index (χ2n) is 10.9. The van der Waals surface area contributed by atoms with Crippen molar-refractivity contribution in [3.63, 3.8) is 0 Å². The fourth-order valence-electron chi connectivity index (χ4n) is 5.02. The average molecular weight is 443 g/mol. The Morgan fingerprint density at radius 2 is 1.88 bits per heavy atom. The molecule has 1 heterocycles. The number of carbonyl (C=O) groups is 2. The molecule has 0 unspecified atom stereocenters. The molecule has 3 N–H and O–H groups in total. The first kappa shape index (κ1) is 24.8. The molecule has 1 aromatic carbocycles. The molecular weight excluding hydrogens is 405 g/mol. The number of carbonyl (C=O) groups excluding carboxylic acids is 1. The first-order valence-electron chi connectivity index (χ1n) is 12.1. The lowest BCUT2D eigenvalue weighted by Gasteiger charge is -2.30. The summed E-state index contributed by atoms with van der Waals surface area (Å²) >= 11 is 0. The van der Waals surface area contributed by atoms with Crippen LogP contribution >= 0.6 is 0 Å². The van der Waals surface area contributed by atoms with E-state index in [0.29, 0.717) is 30.2 Å². The zero-order valence-electron chi connectivity index (χ0n) is 19.7. The Balaban J connectivity index is 1.41. The Labute approximate surface area is 192 Å². The summed E-state index contributed by atoms with van der Waals surface area (Å²) in [5.74, 6) is -0.605. The topological polar surface area (TPSA) is 95.9 Å². The molecule has 2 aliphatic rings. The highest BCUT2D eigenvalue weighted by molar-refractivity contribution is 6.47. The maximum atomic E-state index is 12.7. The molecule has 0 saturated heterocycles. The monoisotopic (exact) mass is 443 g/mol. The van der Waals surface area contributed by atoms with Crippen molar-refractivity contribution >= 4 is 18.9 Å². The summed E-state index contributed by atoms with van der Waals surface area (Å²) < 4.78 is 5.52. The fraction of sp³-hybridized carbons (Fsp3) is 0.680. The Bertz CT molecular complexity index is 798. The minimum Gasteiger partial charge on any atom is -0.535 e. The van der Waals surface area contributed by atoms with Crippen molar-refractivity contribution in [2.75, 3.05) is 6.54 Å². The number of rotatable bonds is 9. The number of benzene rings is 1. The van der Waals surface area contributed by atoms with Crippen LogP contribution in [-0.2, 0) is 11.2 Å². The van der Waals surface area contributed by atoms with Crippen molar-refractivity contribution in [1.29, 1.82) is 0 Å². The average Bonchev–Trinajstić information content (AvgIpc) is 2.71. The maximum absolute atomic E-state index is 12.7. The van der Waals surface area contributed by atoms with Gasteiger partial charge < -0.3 is 20.1 Å². The molecule has 0 spiro atoms. The highest BCUT2D eigenvalue weighted by Gasteiger charge is 2.38. The van der Waals surface area contributed by atoms with Crippen molar-refractivity contribution < 1.29 is 24.4 Å². The van der Waals surface area contributed by atoms with E-state index in [4.69, 9.17) is 4.65 Å². The summed E-state index contributed by atoms with van der Waals surface area (Å²) in [6.45, 7) is 7.90. The van der Waals surface area contributed by atoms with Gasteiger partial charge >= 0.3 is 13.1 Å². The van der Waals surface area contributed by atoms with Crippen LogP contribution in [0, 0.1) is 11.3 Å². The number of Topliss-reactive ketones (excluding diaryl/α,β-unsaturated/α-hetero) is 1. The van der Waals surface area contributed by atoms with Gasteiger partial charge in [-0.2, -0.15) is 0 Å². The largest absolute Gasteiger partial charge is 0.535 e. The lowest BCUT2D eigenvalue weighted by Crippen LogP contribution is -2.36. The van der Waals surface area contributed by atoms with Gasteiger partial charge in [0.1, 0.15) is 11.5 Å². The summed E-state index contributed by atoms with van der Waals surface area (Å²) in [5.41, 5.74) is 1.18. The molecule has 1 aromatic rings. The van der Waals surface area contributed by atoms with Crippen molar-refractivity contribution in [3.05, 3.63) is 29.3 Å². The van der Waals surface area contributed by atoms with Gasteiger partial charge in [0.25, 0.3) is 0 Å². The van der Waals surface area contributed by atoms with Crippen LogP contribution in [0.3, 0.4) is 0 Å². The number of aromatic carboxylic acids is 1. The molecule has 0 amide bonds. The summed E-state index contributed by atoms with van der Waals surface area (Å²) in [6, 6.07) is 5.52. The van der Waals surface area contributed by atoms with E-state index in [1.165, 1.54) is 18.9 Å². The zero-order valence-corrected chi connectivity index (χ0v) is 19.7. The molecule has 1 fully saturated rings. The van der Waals surface area contributed by atoms with Gasteiger partial charge in [0.05, 0.1) is 5.56 Å². The molecule has 1 atom stereocenters. The van der Waals surface area contributed by atoms with Gasteiger partial charge in [-0.3, -0.25) is 4.79 Å². The van der Waals surface area contributed by atoms with Crippen LogP contribution in [0.2, 0.25) is 5.82 Å². The molecule has 0 bridgehead atoms. The SMILES string of the molecule is CC(C)(C)CCCNC1CCC(CC(=O)C[C@H]2Cc3cccc(C(=O)O)c3OB2O)CC1. The third-order valence-electron chi connectivity index (χ3n) is 6.84. The molecule has 6 nitrogen and oxygen atoms in total. The molecule has 0 radical (unpaired) electrons. The summed E-state index contributed by atoms with van der Waals surface area (Å²) in [6.07, 6.45) is 8.07. The number of para-hydroxylation sites is 1. The highest BCUT2D eigenvalue weighted by atomic mass is 16.5. The lowest BCUT2D eigenvalue weighted by atomic mass is 9.64. The van der Waals surface area contributed by atoms with Gasteiger partial charge in [-0.1, -0.05) is 32.9 Å². The molecule has 0 aromatic heterocycles. The number of carboxylic acid groups (broad SMARTS) is 1. The first-order chi connectivity index (χ1) is 15.1. The predicted octanol–water partition coefficient (Wildman–Crippen LogP) is 4.49. The predicted molar refractivity (Wildman–Crippen MR) is 126 cm³/mol. The van der Waals surface area contributed by atoms with Gasteiger partial charge in [-0.25, -0.2) is 4.79 Å².